The van der Waals surface area contributed by atoms with Crippen molar-refractivity contribution in [2.75, 3.05) is 14.2 Å². The van der Waals surface area contributed by atoms with Crippen molar-refractivity contribution in [2.45, 2.75) is 20.5 Å². The Labute approximate surface area is 165 Å². The minimum Gasteiger partial charge on any atom is -0.398 e. The Bertz CT molecular complexity index is 953. The minimum atomic E-state index is -0.349. The second-order valence-corrected chi connectivity index (χ2v) is 5.93. The highest BCUT2D eigenvalue weighted by Crippen LogP contribution is 2.12. The van der Waals surface area contributed by atoms with Crippen LogP contribution in [0.2, 0.25) is 0 Å². The smallest absolute Gasteiger partial charge is 0.273 e. The molecule has 0 radical (unpaired) electrons. The first kappa shape index (κ1) is 20.7. The Morgan fingerprint density at radius 1 is 1.14 bits per heavy atom. The molecular formula is C22H23N3O3. The van der Waals surface area contributed by atoms with Crippen molar-refractivity contribution in [3.8, 4) is 11.8 Å². The van der Waals surface area contributed by atoms with Gasteiger partial charge in [-0.1, -0.05) is 52.6 Å². The number of rotatable bonds is 6. The fourth-order valence-electron chi connectivity index (χ4n) is 2.41. The summed E-state index contributed by atoms with van der Waals surface area (Å²) >= 11 is 0. The lowest BCUT2D eigenvalue weighted by molar-refractivity contribution is -0.114. The first-order chi connectivity index (χ1) is 13.5. The lowest BCUT2D eigenvalue weighted by atomic mass is 10.0. The third-order valence-electron chi connectivity index (χ3n) is 3.72. The zero-order valence-corrected chi connectivity index (χ0v) is 16.4. The minimum absolute atomic E-state index is 0.166. The van der Waals surface area contributed by atoms with E-state index in [2.05, 4.69) is 27.5 Å². The first-order valence-corrected chi connectivity index (χ1v) is 8.72. The van der Waals surface area contributed by atoms with Crippen molar-refractivity contribution in [1.29, 1.82) is 0 Å². The fraction of sp³-hybridized carbons (Fsp3) is 0.227. The molecule has 1 N–H and O–H groups in total. The summed E-state index contributed by atoms with van der Waals surface area (Å²) in [7, 11) is 2.93. The van der Waals surface area contributed by atoms with E-state index < -0.39 is 0 Å². The second-order valence-electron chi connectivity index (χ2n) is 5.93. The molecule has 0 unspecified atom stereocenters. The summed E-state index contributed by atoms with van der Waals surface area (Å²) in [6.07, 6.45) is 0. The van der Waals surface area contributed by atoms with Gasteiger partial charge < -0.3 is 15.0 Å². The van der Waals surface area contributed by atoms with Crippen LogP contribution < -0.4 is 5.32 Å². The van der Waals surface area contributed by atoms with Crippen LogP contribution in [0.15, 0.2) is 58.8 Å². The molecule has 144 valence electrons. The Balaban J connectivity index is 2.12. The highest BCUT2D eigenvalue weighted by Gasteiger charge is 2.17. The number of hydrogen-bond donors (Lipinski definition) is 1. The van der Waals surface area contributed by atoms with Gasteiger partial charge in [-0.05, 0) is 37.5 Å². The number of nitrogens with one attached hydrogen (secondary N) is 1. The van der Waals surface area contributed by atoms with E-state index in [1.807, 2.05) is 49.4 Å². The second kappa shape index (κ2) is 10.5. The molecule has 6 heteroatoms. The Hall–Kier alpha value is -3.59. The molecule has 2 aromatic carbocycles. The molecule has 0 aliphatic rings. The van der Waals surface area contributed by atoms with Gasteiger partial charge in [0, 0.05) is 23.7 Å². The van der Waals surface area contributed by atoms with Crippen LogP contribution in [0, 0.1) is 18.8 Å². The molecule has 0 fully saturated rings. The monoisotopic (exact) mass is 377 g/mol. The van der Waals surface area contributed by atoms with Crippen LogP contribution in [0.25, 0.3) is 0 Å². The summed E-state index contributed by atoms with van der Waals surface area (Å²) in [6, 6.07) is 15.2. The Morgan fingerprint density at radius 3 is 2.64 bits per heavy atom. The van der Waals surface area contributed by atoms with Crippen molar-refractivity contribution in [1.82, 2.24) is 5.32 Å². The number of carbonyl (C=O) groups excluding carboxylic acids is 1. The lowest BCUT2D eigenvalue weighted by Crippen LogP contribution is -2.29. The highest BCUT2D eigenvalue weighted by atomic mass is 16.6. The normalized spacial score (nSPS) is 11.3. The van der Waals surface area contributed by atoms with Crippen molar-refractivity contribution >= 4 is 17.3 Å². The number of amides is 1. The van der Waals surface area contributed by atoms with Crippen molar-refractivity contribution in [3.63, 3.8) is 0 Å². The van der Waals surface area contributed by atoms with Crippen LogP contribution in [0.1, 0.15) is 29.2 Å². The third kappa shape index (κ3) is 5.99. The SMILES string of the molecule is CNC(=O)/C(=N/OC)c1ccccc1CO/N=C(\C)C#Cc1cccc(C)c1. The molecule has 0 aliphatic carbocycles. The van der Waals surface area contributed by atoms with Crippen LogP contribution in [0.4, 0.5) is 0 Å². The van der Waals surface area contributed by atoms with Gasteiger partial charge in [-0.25, -0.2) is 0 Å². The van der Waals surface area contributed by atoms with Crippen molar-refractivity contribution < 1.29 is 14.5 Å². The predicted molar refractivity (Wildman–Crippen MR) is 110 cm³/mol. The number of benzene rings is 2. The third-order valence-corrected chi connectivity index (χ3v) is 3.72. The van der Waals surface area contributed by atoms with Gasteiger partial charge in [-0.2, -0.15) is 0 Å². The molecule has 0 bridgehead atoms. The van der Waals surface area contributed by atoms with E-state index in [-0.39, 0.29) is 18.2 Å². The molecule has 0 atom stereocenters. The summed E-state index contributed by atoms with van der Waals surface area (Å²) in [6.45, 7) is 3.96. The summed E-state index contributed by atoms with van der Waals surface area (Å²) in [5.41, 5.74) is 4.16. The number of nitrogens with zero attached hydrogens (tertiary/aromatic N) is 2. The maximum atomic E-state index is 12.1. The standard InChI is InChI=1S/C22H23N3O3/c1-16-8-7-9-18(14-16)13-12-17(2)24-28-15-19-10-5-6-11-20(19)21(25-27-4)22(26)23-3/h5-11,14H,15H2,1-4H3,(H,23,26)/b24-17+,25-21+. The molecule has 0 heterocycles. The van der Waals surface area contributed by atoms with Gasteiger partial charge in [0.15, 0.2) is 5.71 Å². The molecule has 2 aromatic rings. The van der Waals surface area contributed by atoms with E-state index in [1.54, 1.807) is 13.0 Å². The van der Waals surface area contributed by atoms with Gasteiger partial charge in [0.05, 0.1) is 0 Å². The van der Waals surface area contributed by atoms with Crippen molar-refractivity contribution in [3.05, 3.63) is 70.8 Å². The molecule has 0 saturated carbocycles. The first-order valence-electron chi connectivity index (χ1n) is 8.72. The maximum absolute atomic E-state index is 12.1. The van der Waals surface area contributed by atoms with Crippen LogP contribution in [-0.4, -0.2) is 31.5 Å². The number of hydrogen-bond acceptors (Lipinski definition) is 5. The van der Waals surface area contributed by atoms with Gasteiger partial charge in [0.1, 0.15) is 19.4 Å². The predicted octanol–water partition coefficient (Wildman–Crippen LogP) is 3.04. The summed E-state index contributed by atoms with van der Waals surface area (Å²) < 4.78 is 0. The van der Waals surface area contributed by atoms with Crippen LogP contribution in [-0.2, 0) is 21.1 Å². The van der Waals surface area contributed by atoms with E-state index in [9.17, 15) is 4.79 Å². The summed E-state index contributed by atoms with van der Waals surface area (Å²) in [4.78, 5) is 22.3. The molecule has 0 aliphatic heterocycles. The van der Waals surface area contributed by atoms with Crippen LogP contribution in [0.5, 0.6) is 0 Å². The van der Waals surface area contributed by atoms with Crippen molar-refractivity contribution in [2.24, 2.45) is 10.3 Å². The molecule has 0 aromatic heterocycles. The van der Waals surface area contributed by atoms with Gasteiger partial charge >= 0.3 is 0 Å². The number of carbonyl (C=O) groups is 1. The summed E-state index contributed by atoms with van der Waals surface area (Å²) in [5, 5.41) is 10.4. The van der Waals surface area contributed by atoms with E-state index >= 15 is 0 Å². The van der Waals surface area contributed by atoms with Gasteiger partial charge in [-0.15, -0.1) is 0 Å². The number of oxime groups is 2. The maximum Gasteiger partial charge on any atom is 0.273 e. The fourth-order valence-corrected chi connectivity index (χ4v) is 2.41. The van der Waals surface area contributed by atoms with Gasteiger partial charge in [0.2, 0.25) is 0 Å². The average Bonchev–Trinajstić information content (AvgIpc) is 2.70. The molecule has 0 saturated heterocycles. The molecule has 6 nitrogen and oxygen atoms in total. The quantitative estimate of drug-likeness (QED) is 0.478. The average molecular weight is 377 g/mol. The Morgan fingerprint density at radius 2 is 1.93 bits per heavy atom. The largest absolute Gasteiger partial charge is 0.398 e. The molecule has 2 rings (SSSR count). The number of likely N-dealkylation sites (N-methyl/N-ethyl adjacent to an activating group) is 1. The van der Waals surface area contributed by atoms with Gasteiger partial charge in [-0.3, -0.25) is 4.79 Å². The van der Waals surface area contributed by atoms with Gasteiger partial charge in [0.25, 0.3) is 5.91 Å². The van der Waals surface area contributed by atoms with Crippen LogP contribution in [0.3, 0.4) is 0 Å². The lowest BCUT2D eigenvalue weighted by Gasteiger charge is -2.09. The topological polar surface area (TPSA) is 72.3 Å². The molecule has 1 amide bonds. The zero-order valence-electron chi connectivity index (χ0n) is 16.4. The molecule has 28 heavy (non-hydrogen) atoms. The Kier molecular flexibility index (Phi) is 7.79. The van der Waals surface area contributed by atoms with E-state index in [1.165, 1.54) is 14.2 Å². The number of aryl methyl sites for hydroxylation is 1. The zero-order chi connectivity index (χ0) is 20.4. The van der Waals surface area contributed by atoms with E-state index in [0.717, 1.165) is 16.7 Å². The summed E-state index contributed by atoms with van der Waals surface area (Å²) in [5.74, 6) is 5.67. The van der Waals surface area contributed by atoms with E-state index in [0.29, 0.717) is 11.3 Å². The van der Waals surface area contributed by atoms with Crippen LogP contribution >= 0.6 is 0 Å². The molecule has 0 spiro atoms. The van der Waals surface area contributed by atoms with E-state index in [4.69, 9.17) is 9.68 Å². The highest BCUT2D eigenvalue weighted by molar-refractivity contribution is 6.45. The molecular weight excluding hydrogens is 354 g/mol.